The summed E-state index contributed by atoms with van der Waals surface area (Å²) in [6.07, 6.45) is 3.90. The number of nitrogens with one attached hydrogen (secondary N) is 1. The van der Waals surface area contributed by atoms with Gasteiger partial charge in [-0.2, -0.15) is 0 Å². The number of rotatable bonds is 4. The Morgan fingerprint density at radius 2 is 2.00 bits per heavy atom. The number of benzene rings is 1. The second-order valence-corrected chi connectivity index (χ2v) is 6.33. The highest BCUT2D eigenvalue weighted by molar-refractivity contribution is 6.34. The summed E-state index contributed by atoms with van der Waals surface area (Å²) in [6.45, 7) is 3.71. The van der Waals surface area contributed by atoms with Gasteiger partial charge in [0, 0.05) is 10.9 Å². The highest BCUT2D eigenvalue weighted by Crippen LogP contribution is 2.42. The molecule has 2 aromatic rings. The standard InChI is InChI=1S/C17H18ClNO4/c1-9(2)22-16-13(18)7-12-10-5-3-4-6-11(10)17(21)23-15(12)14(16)19-8-20/h7-9H,3-6H2,1-2H3,(H,19,20). The Balaban J connectivity index is 2.36. The first-order chi connectivity index (χ1) is 11.0. The molecular weight excluding hydrogens is 318 g/mol. The van der Waals surface area contributed by atoms with Crippen LogP contribution in [0.15, 0.2) is 15.3 Å². The number of hydrogen-bond acceptors (Lipinski definition) is 4. The van der Waals surface area contributed by atoms with Gasteiger partial charge in [0.2, 0.25) is 6.41 Å². The average molecular weight is 336 g/mol. The lowest BCUT2D eigenvalue weighted by Crippen LogP contribution is -2.17. The van der Waals surface area contributed by atoms with Crippen LogP contribution in [-0.4, -0.2) is 12.5 Å². The molecule has 1 N–H and O–H groups in total. The third kappa shape index (κ3) is 2.81. The number of anilines is 1. The van der Waals surface area contributed by atoms with E-state index >= 15 is 0 Å². The van der Waals surface area contributed by atoms with E-state index in [1.165, 1.54) is 0 Å². The molecule has 0 saturated heterocycles. The minimum absolute atomic E-state index is 0.137. The molecule has 1 heterocycles. The Morgan fingerprint density at radius 3 is 2.65 bits per heavy atom. The van der Waals surface area contributed by atoms with Crippen molar-refractivity contribution in [3.8, 4) is 5.75 Å². The summed E-state index contributed by atoms with van der Waals surface area (Å²) in [5.74, 6) is 0.320. The summed E-state index contributed by atoms with van der Waals surface area (Å²) in [4.78, 5) is 23.3. The number of amides is 1. The average Bonchev–Trinajstić information content (AvgIpc) is 2.52. The molecule has 1 aromatic carbocycles. The van der Waals surface area contributed by atoms with Crippen LogP contribution in [0, 0.1) is 0 Å². The molecular formula is C17H18ClNO4. The van der Waals surface area contributed by atoms with E-state index in [1.807, 2.05) is 13.8 Å². The molecule has 6 heteroatoms. The molecule has 0 saturated carbocycles. The van der Waals surface area contributed by atoms with E-state index in [1.54, 1.807) is 6.07 Å². The van der Waals surface area contributed by atoms with Gasteiger partial charge in [0.1, 0.15) is 5.69 Å². The van der Waals surface area contributed by atoms with Crippen molar-refractivity contribution < 1.29 is 13.9 Å². The molecule has 0 bridgehead atoms. The van der Waals surface area contributed by atoms with E-state index in [9.17, 15) is 9.59 Å². The van der Waals surface area contributed by atoms with Crippen LogP contribution in [0.3, 0.4) is 0 Å². The van der Waals surface area contributed by atoms with Gasteiger partial charge in [-0.1, -0.05) is 11.6 Å². The maximum absolute atomic E-state index is 12.3. The molecule has 23 heavy (non-hydrogen) atoms. The Bertz CT molecular complexity index is 826. The number of carbonyl (C=O) groups is 1. The van der Waals surface area contributed by atoms with Crippen molar-refractivity contribution in [3.05, 3.63) is 32.6 Å². The number of fused-ring (bicyclic) bond motifs is 3. The highest BCUT2D eigenvalue weighted by Gasteiger charge is 2.23. The van der Waals surface area contributed by atoms with Crippen molar-refractivity contribution in [3.63, 3.8) is 0 Å². The maximum Gasteiger partial charge on any atom is 0.339 e. The molecule has 0 radical (unpaired) electrons. The zero-order chi connectivity index (χ0) is 16.6. The Kier molecular flexibility index (Phi) is 4.31. The van der Waals surface area contributed by atoms with Gasteiger partial charge >= 0.3 is 5.63 Å². The molecule has 3 rings (SSSR count). The molecule has 5 nitrogen and oxygen atoms in total. The molecule has 0 aliphatic heterocycles. The van der Waals surface area contributed by atoms with E-state index in [0.29, 0.717) is 34.9 Å². The van der Waals surface area contributed by atoms with Gasteiger partial charge in [-0.15, -0.1) is 0 Å². The fourth-order valence-electron chi connectivity index (χ4n) is 3.07. The Labute approximate surface area is 138 Å². The minimum atomic E-state index is -0.348. The SMILES string of the molecule is CC(C)Oc1c(Cl)cc2c3c(c(=O)oc2c1NC=O)CCCC3. The van der Waals surface area contributed by atoms with E-state index in [0.717, 1.165) is 35.8 Å². The van der Waals surface area contributed by atoms with Crippen molar-refractivity contribution in [1.29, 1.82) is 0 Å². The fourth-order valence-corrected chi connectivity index (χ4v) is 3.32. The number of aryl methyl sites for hydroxylation is 1. The lowest BCUT2D eigenvalue weighted by molar-refractivity contribution is -0.105. The van der Waals surface area contributed by atoms with Gasteiger partial charge in [0.25, 0.3) is 0 Å². The van der Waals surface area contributed by atoms with Crippen molar-refractivity contribution in [2.45, 2.75) is 45.6 Å². The van der Waals surface area contributed by atoms with Crippen LogP contribution >= 0.6 is 11.6 Å². The molecule has 1 aromatic heterocycles. The maximum atomic E-state index is 12.3. The molecule has 122 valence electrons. The van der Waals surface area contributed by atoms with Gasteiger partial charge < -0.3 is 14.5 Å². The normalized spacial score (nSPS) is 13.9. The fraction of sp³-hybridized carbons (Fsp3) is 0.412. The first-order valence-electron chi connectivity index (χ1n) is 7.70. The molecule has 1 aliphatic carbocycles. The van der Waals surface area contributed by atoms with Gasteiger partial charge in [0.15, 0.2) is 11.3 Å². The first kappa shape index (κ1) is 15.9. The van der Waals surface area contributed by atoms with Crippen molar-refractivity contribution in [1.82, 2.24) is 0 Å². The van der Waals surface area contributed by atoms with Crippen LogP contribution in [0.4, 0.5) is 5.69 Å². The minimum Gasteiger partial charge on any atom is -0.487 e. The second-order valence-electron chi connectivity index (χ2n) is 5.92. The first-order valence-corrected chi connectivity index (χ1v) is 8.08. The smallest absolute Gasteiger partial charge is 0.339 e. The molecule has 0 spiro atoms. The Hall–Kier alpha value is -2.01. The Morgan fingerprint density at radius 1 is 1.30 bits per heavy atom. The molecule has 0 atom stereocenters. The summed E-state index contributed by atoms with van der Waals surface area (Å²) in [5, 5.41) is 3.73. The van der Waals surface area contributed by atoms with E-state index < -0.39 is 0 Å². The van der Waals surface area contributed by atoms with E-state index in [2.05, 4.69) is 5.32 Å². The predicted octanol–water partition coefficient (Wildman–Crippen LogP) is 3.68. The number of carbonyl (C=O) groups excluding carboxylic acids is 1. The zero-order valence-corrected chi connectivity index (χ0v) is 13.8. The van der Waals surface area contributed by atoms with Crippen LogP contribution in [0.2, 0.25) is 5.02 Å². The summed E-state index contributed by atoms with van der Waals surface area (Å²) < 4.78 is 11.2. The quantitative estimate of drug-likeness (QED) is 0.683. The predicted molar refractivity (Wildman–Crippen MR) is 89.6 cm³/mol. The third-order valence-electron chi connectivity index (χ3n) is 3.98. The largest absolute Gasteiger partial charge is 0.487 e. The van der Waals surface area contributed by atoms with E-state index in [-0.39, 0.29) is 11.7 Å². The van der Waals surface area contributed by atoms with Gasteiger partial charge in [-0.25, -0.2) is 4.79 Å². The van der Waals surface area contributed by atoms with Crippen LogP contribution in [0.25, 0.3) is 11.0 Å². The number of ether oxygens (including phenoxy) is 1. The summed E-state index contributed by atoms with van der Waals surface area (Å²) >= 11 is 6.37. The van der Waals surface area contributed by atoms with E-state index in [4.69, 9.17) is 20.8 Å². The topological polar surface area (TPSA) is 68.5 Å². The van der Waals surface area contributed by atoms with Crippen LogP contribution in [-0.2, 0) is 17.6 Å². The molecule has 0 unspecified atom stereocenters. The van der Waals surface area contributed by atoms with Crippen LogP contribution in [0.1, 0.15) is 37.8 Å². The van der Waals surface area contributed by atoms with Gasteiger partial charge in [0.05, 0.1) is 11.1 Å². The lowest BCUT2D eigenvalue weighted by Gasteiger charge is -2.20. The third-order valence-corrected chi connectivity index (χ3v) is 4.26. The number of halogens is 1. The zero-order valence-electron chi connectivity index (χ0n) is 13.1. The molecule has 0 fully saturated rings. The van der Waals surface area contributed by atoms with Crippen LogP contribution in [0.5, 0.6) is 5.75 Å². The van der Waals surface area contributed by atoms with Crippen molar-refractivity contribution in [2.24, 2.45) is 0 Å². The van der Waals surface area contributed by atoms with Gasteiger partial charge in [-0.05, 0) is 51.2 Å². The molecule has 1 amide bonds. The summed E-state index contributed by atoms with van der Waals surface area (Å²) in [6, 6.07) is 1.76. The number of hydrogen-bond donors (Lipinski definition) is 1. The lowest BCUT2D eigenvalue weighted by atomic mass is 9.90. The molecule has 1 aliphatic rings. The second kappa shape index (κ2) is 6.24. The summed E-state index contributed by atoms with van der Waals surface area (Å²) in [7, 11) is 0. The highest BCUT2D eigenvalue weighted by atomic mass is 35.5. The summed E-state index contributed by atoms with van der Waals surface area (Å²) in [5.41, 5.74) is 1.97. The van der Waals surface area contributed by atoms with Gasteiger partial charge in [-0.3, -0.25) is 4.79 Å². The van der Waals surface area contributed by atoms with Crippen molar-refractivity contribution >= 4 is 34.7 Å². The van der Waals surface area contributed by atoms with Crippen molar-refractivity contribution in [2.75, 3.05) is 5.32 Å². The monoisotopic (exact) mass is 335 g/mol. The van der Waals surface area contributed by atoms with Crippen LogP contribution < -0.4 is 15.7 Å².